The molecular weight excluding hydrogens is 282 g/mol. The van der Waals surface area contributed by atoms with Crippen LogP contribution in [0.2, 0.25) is 0 Å². The Morgan fingerprint density at radius 1 is 1.65 bits per heavy atom. The number of nitrogens with zero attached hydrogens (tertiary/aromatic N) is 2. The van der Waals surface area contributed by atoms with Crippen LogP contribution in [0.5, 0.6) is 0 Å². The van der Waals surface area contributed by atoms with Gasteiger partial charge in [0.15, 0.2) is 0 Å². The number of halogens is 1. The summed E-state index contributed by atoms with van der Waals surface area (Å²) in [4.78, 5) is 18.2. The molecule has 1 aromatic heterocycles. The molecule has 0 aromatic carbocycles. The first-order chi connectivity index (χ1) is 8.15. The van der Waals surface area contributed by atoms with Gasteiger partial charge in [0.2, 0.25) is 0 Å². The molecule has 2 rings (SSSR count). The summed E-state index contributed by atoms with van der Waals surface area (Å²) in [5, 5.41) is 2.94. The molecule has 1 aromatic rings. The third kappa shape index (κ3) is 3.51. The van der Waals surface area contributed by atoms with Crippen LogP contribution in [0.25, 0.3) is 0 Å². The van der Waals surface area contributed by atoms with E-state index in [0.717, 1.165) is 26.1 Å². The fourth-order valence-electron chi connectivity index (χ4n) is 2.06. The topological polar surface area (TPSA) is 45.2 Å². The highest BCUT2D eigenvalue weighted by Crippen LogP contribution is 2.13. The maximum absolute atomic E-state index is 11.8. The number of rotatable bonds is 3. The van der Waals surface area contributed by atoms with Gasteiger partial charge in [-0.15, -0.1) is 0 Å². The molecule has 0 saturated carbocycles. The number of hydrogen-bond acceptors (Lipinski definition) is 3. The second-order valence-electron chi connectivity index (χ2n) is 4.47. The minimum atomic E-state index is -0.0964. The lowest BCUT2D eigenvalue weighted by Gasteiger charge is -2.11. The predicted octanol–water partition coefficient (Wildman–Crippen LogP) is 1.53. The number of hydrogen-bond donors (Lipinski definition) is 1. The van der Waals surface area contributed by atoms with Gasteiger partial charge < -0.3 is 10.2 Å². The van der Waals surface area contributed by atoms with Crippen molar-refractivity contribution < 1.29 is 4.79 Å². The average Bonchev–Trinajstić information content (AvgIpc) is 2.72. The number of pyridine rings is 1. The molecule has 0 radical (unpaired) electrons. The van der Waals surface area contributed by atoms with Crippen molar-refractivity contribution in [3.63, 3.8) is 0 Å². The van der Waals surface area contributed by atoms with Crippen LogP contribution < -0.4 is 5.32 Å². The van der Waals surface area contributed by atoms with E-state index in [1.54, 1.807) is 6.07 Å². The van der Waals surface area contributed by atoms with Crippen LogP contribution in [0.1, 0.15) is 16.9 Å². The summed E-state index contributed by atoms with van der Waals surface area (Å²) in [6.45, 7) is 2.92. The Hall–Kier alpha value is -0.940. The van der Waals surface area contributed by atoms with E-state index in [1.165, 1.54) is 0 Å². The van der Waals surface area contributed by atoms with Gasteiger partial charge in [0.1, 0.15) is 10.3 Å². The summed E-state index contributed by atoms with van der Waals surface area (Å²) in [6.07, 6.45) is 1.16. The molecule has 1 N–H and O–H groups in total. The minimum Gasteiger partial charge on any atom is -0.350 e. The molecule has 1 atom stereocenters. The molecule has 0 aliphatic carbocycles. The zero-order chi connectivity index (χ0) is 12.3. The van der Waals surface area contributed by atoms with E-state index in [1.807, 2.05) is 12.1 Å². The van der Waals surface area contributed by atoms with Gasteiger partial charge in [-0.2, -0.15) is 0 Å². The summed E-state index contributed by atoms with van der Waals surface area (Å²) in [6, 6.07) is 5.35. The highest BCUT2D eigenvalue weighted by Gasteiger charge is 2.20. The Morgan fingerprint density at radius 2 is 2.47 bits per heavy atom. The third-order valence-electron chi connectivity index (χ3n) is 2.99. The zero-order valence-corrected chi connectivity index (χ0v) is 11.4. The van der Waals surface area contributed by atoms with Crippen molar-refractivity contribution in [3.05, 3.63) is 28.5 Å². The van der Waals surface area contributed by atoms with Gasteiger partial charge >= 0.3 is 0 Å². The Balaban J connectivity index is 1.85. The van der Waals surface area contributed by atoms with Crippen LogP contribution >= 0.6 is 15.9 Å². The van der Waals surface area contributed by atoms with Crippen LogP contribution in [0, 0.1) is 5.92 Å². The Bertz CT molecular complexity index is 410. The monoisotopic (exact) mass is 297 g/mol. The average molecular weight is 298 g/mol. The number of nitrogens with one attached hydrogen (secondary N) is 1. The summed E-state index contributed by atoms with van der Waals surface area (Å²) >= 11 is 3.26. The van der Waals surface area contributed by atoms with E-state index in [-0.39, 0.29) is 5.91 Å². The Morgan fingerprint density at radius 3 is 3.12 bits per heavy atom. The van der Waals surface area contributed by atoms with Crippen LogP contribution in [-0.2, 0) is 0 Å². The van der Waals surface area contributed by atoms with E-state index in [9.17, 15) is 4.79 Å². The highest BCUT2D eigenvalue weighted by molar-refractivity contribution is 9.10. The lowest BCUT2D eigenvalue weighted by molar-refractivity contribution is 0.0942. The molecule has 0 bridgehead atoms. The lowest BCUT2D eigenvalue weighted by Crippen LogP contribution is -2.31. The normalized spacial score (nSPS) is 20.5. The first-order valence-corrected chi connectivity index (χ1v) is 6.54. The molecule has 1 aliphatic rings. The van der Waals surface area contributed by atoms with Crippen molar-refractivity contribution in [1.82, 2.24) is 15.2 Å². The number of aromatic nitrogens is 1. The van der Waals surface area contributed by atoms with Crippen LogP contribution in [0.4, 0.5) is 0 Å². The molecule has 2 heterocycles. The molecule has 92 valence electrons. The van der Waals surface area contributed by atoms with Crippen molar-refractivity contribution in [2.45, 2.75) is 6.42 Å². The van der Waals surface area contributed by atoms with Gasteiger partial charge in [0.25, 0.3) is 5.91 Å². The molecule has 5 heteroatoms. The van der Waals surface area contributed by atoms with Crippen molar-refractivity contribution in [2.75, 3.05) is 26.7 Å². The summed E-state index contributed by atoms with van der Waals surface area (Å²) in [5.74, 6) is 0.469. The van der Waals surface area contributed by atoms with E-state index >= 15 is 0 Å². The lowest BCUT2D eigenvalue weighted by atomic mass is 10.1. The van der Waals surface area contributed by atoms with Gasteiger partial charge in [-0.1, -0.05) is 6.07 Å². The van der Waals surface area contributed by atoms with Crippen molar-refractivity contribution in [2.24, 2.45) is 5.92 Å². The van der Waals surface area contributed by atoms with Gasteiger partial charge in [-0.25, -0.2) is 4.98 Å². The highest BCUT2D eigenvalue weighted by atomic mass is 79.9. The SMILES string of the molecule is CN1CCC(CNC(=O)c2cccc(Br)n2)C1. The zero-order valence-electron chi connectivity index (χ0n) is 9.82. The van der Waals surface area contributed by atoms with Crippen LogP contribution in [0.15, 0.2) is 22.8 Å². The fourth-order valence-corrected chi connectivity index (χ4v) is 2.40. The van der Waals surface area contributed by atoms with Crippen molar-refractivity contribution >= 4 is 21.8 Å². The number of carbonyl (C=O) groups excluding carboxylic acids is 1. The van der Waals surface area contributed by atoms with Crippen molar-refractivity contribution in [1.29, 1.82) is 0 Å². The summed E-state index contributed by atoms with van der Waals surface area (Å²) in [7, 11) is 2.11. The standard InChI is InChI=1S/C12H16BrN3O/c1-16-6-5-9(8-16)7-14-12(17)10-3-2-4-11(13)15-10/h2-4,9H,5-8H2,1H3,(H,14,17). The molecule has 0 spiro atoms. The molecule has 1 saturated heterocycles. The van der Waals surface area contributed by atoms with Crippen molar-refractivity contribution in [3.8, 4) is 0 Å². The molecule has 4 nitrogen and oxygen atoms in total. The summed E-state index contributed by atoms with van der Waals surface area (Å²) < 4.78 is 0.686. The van der Waals surface area contributed by atoms with Gasteiger partial charge in [0, 0.05) is 13.1 Å². The first kappa shape index (κ1) is 12.5. The Labute approximate surface area is 110 Å². The number of likely N-dealkylation sites (tertiary alicyclic amines) is 1. The number of amides is 1. The maximum Gasteiger partial charge on any atom is 0.269 e. The van der Waals surface area contributed by atoms with Gasteiger partial charge in [-0.3, -0.25) is 4.79 Å². The third-order valence-corrected chi connectivity index (χ3v) is 3.43. The van der Waals surface area contributed by atoms with E-state index in [0.29, 0.717) is 16.2 Å². The molecule has 1 unspecified atom stereocenters. The fraction of sp³-hybridized carbons (Fsp3) is 0.500. The predicted molar refractivity (Wildman–Crippen MR) is 69.9 cm³/mol. The Kier molecular flexibility index (Phi) is 4.12. The molecule has 1 aliphatic heterocycles. The molecule has 1 fully saturated rings. The number of carbonyl (C=O) groups is 1. The molecule has 1 amide bonds. The minimum absolute atomic E-state index is 0.0964. The maximum atomic E-state index is 11.8. The van der Waals surface area contributed by atoms with Crippen LogP contribution in [0.3, 0.4) is 0 Å². The van der Waals surface area contributed by atoms with E-state index < -0.39 is 0 Å². The van der Waals surface area contributed by atoms with Gasteiger partial charge in [-0.05, 0) is 54.0 Å². The van der Waals surface area contributed by atoms with Gasteiger partial charge in [0.05, 0.1) is 0 Å². The van der Waals surface area contributed by atoms with E-state index in [2.05, 4.69) is 38.2 Å². The van der Waals surface area contributed by atoms with Crippen LogP contribution in [-0.4, -0.2) is 42.5 Å². The van der Waals surface area contributed by atoms with E-state index in [4.69, 9.17) is 0 Å². The second-order valence-corrected chi connectivity index (χ2v) is 5.28. The first-order valence-electron chi connectivity index (χ1n) is 5.74. The smallest absolute Gasteiger partial charge is 0.269 e. The molecular formula is C12H16BrN3O. The largest absolute Gasteiger partial charge is 0.350 e. The summed E-state index contributed by atoms with van der Waals surface area (Å²) in [5.41, 5.74) is 0.464. The quantitative estimate of drug-likeness (QED) is 0.861. The molecule has 17 heavy (non-hydrogen) atoms. The second kappa shape index (κ2) is 5.60.